The summed E-state index contributed by atoms with van der Waals surface area (Å²) in [6, 6.07) is 9.88. The van der Waals surface area contributed by atoms with Gasteiger partial charge in [-0.2, -0.15) is 0 Å². The van der Waals surface area contributed by atoms with E-state index in [0.29, 0.717) is 38.3 Å². The molecule has 6 nitrogen and oxygen atoms in total. The maximum Gasteiger partial charge on any atom is 0.331 e. The molecule has 1 aliphatic rings. The summed E-state index contributed by atoms with van der Waals surface area (Å²) in [4.78, 5) is 27.0. The van der Waals surface area contributed by atoms with Crippen LogP contribution in [-0.2, 0) is 16.1 Å². The lowest BCUT2D eigenvalue weighted by Crippen LogP contribution is -2.62. The van der Waals surface area contributed by atoms with Crippen LogP contribution in [0, 0.1) is 0 Å². The Kier molecular flexibility index (Phi) is 8.19. The zero-order valence-electron chi connectivity index (χ0n) is 15.3. The highest BCUT2D eigenvalue weighted by Crippen LogP contribution is 2.25. The van der Waals surface area contributed by atoms with Crippen LogP contribution < -0.4 is 10.6 Å². The van der Waals surface area contributed by atoms with Crippen LogP contribution in [0.25, 0.3) is 0 Å². The van der Waals surface area contributed by atoms with Crippen molar-refractivity contribution in [3.63, 3.8) is 0 Å². The molecule has 2 amide bonds. The van der Waals surface area contributed by atoms with Gasteiger partial charge in [-0.15, -0.1) is 11.6 Å². The summed E-state index contributed by atoms with van der Waals surface area (Å²) in [6.45, 7) is 4.82. The van der Waals surface area contributed by atoms with Crippen LogP contribution >= 0.6 is 11.6 Å². The minimum Gasteiger partial charge on any atom is -0.464 e. The van der Waals surface area contributed by atoms with Gasteiger partial charge in [0.25, 0.3) is 0 Å². The molecule has 1 aromatic rings. The van der Waals surface area contributed by atoms with Crippen molar-refractivity contribution in [3.8, 4) is 0 Å². The predicted octanol–water partition coefficient (Wildman–Crippen LogP) is 2.51. The molecule has 0 aliphatic carbocycles. The summed E-state index contributed by atoms with van der Waals surface area (Å²) in [5, 5.41) is 5.61. The molecule has 0 bridgehead atoms. The summed E-state index contributed by atoms with van der Waals surface area (Å²) in [7, 11) is 0. The smallest absolute Gasteiger partial charge is 0.331 e. The topological polar surface area (TPSA) is 70.7 Å². The fourth-order valence-electron chi connectivity index (χ4n) is 3.11. The molecule has 1 aliphatic heterocycles. The van der Waals surface area contributed by atoms with Crippen LogP contribution in [0.2, 0.25) is 0 Å². The number of nitrogens with zero attached hydrogens (tertiary/aromatic N) is 1. The Hall–Kier alpha value is -1.79. The lowest BCUT2D eigenvalue weighted by Gasteiger charge is -2.40. The number of carbonyl (C=O) groups excluding carboxylic acids is 2. The molecule has 1 saturated heterocycles. The van der Waals surface area contributed by atoms with E-state index >= 15 is 0 Å². The van der Waals surface area contributed by atoms with Crippen molar-refractivity contribution < 1.29 is 14.3 Å². The van der Waals surface area contributed by atoms with Crippen LogP contribution in [0.5, 0.6) is 0 Å². The predicted molar refractivity (Wildman–Crippen MR) is 102 cm³/mol. The number of urea groups is 1. The summed E-state index contributed by atoms with van der Waals surface area (Å²) >= 11 is 5.63. The van der Waals surface area contributed by atoms with Crippen molar-refractivity contribution in [2.45, 2.75) is 38.3 Å². The van der Waals surface area contributed by atoms with Gasteiger partial charge < -0.3 is 15.4 Å². The minimum atomic E-state index is -0.964. The number of amides is 2. The molecule has 2 rings (SSSR count). The number of piperidine rings is 1. The normalized spacial score (nSPS) is 16.7. The molecule has 2 N–H and O–H groups in total. The van der Waals surface area contributed by atoms with Crippen molar-refractivity contribution in [1.29, 1.82) is 0 Å². The second-order valence-corrected chi connectivity index (χ2v) is 6.87. The Balaban J connectivity index is 1.96. The van der Waals surface area contributed by atoms with Crippen LogP contribution in [0.15, 0.2) is 30.3 Å². The molecule has 1 heterocycles. The molecular formula is C19H28ClN3O3. The molecule has 1 fully saturated rings. The number of nitrogens with one attached hydrogen (secondary N) is 2. The lowest BCUT2D eigenvalue weighted by atomic mass is 9.87. The lowest BCUT2D eigenvalue weighted by molar-refractivity contribution is -0.153. The first-order chi connectivity index (χ1) is 12.6. The Morgan fingerprint density at radius 2 is 1.92 bits per heavy atom. The summed E-state index contributed by atoms with van der Waals surface area (Å²) in [5.41, 5.74) is 0.275. The van der Waals surface area contributed by atoms with E-state index in [1.807, 2.05) is 18.2 Å². The van der Waals surface area contributed by atoms with Gasteiger partial charge in [0.1, 0.15) is 5.54 Å². The molecule has 7 heteroatoms. The third kappa shape index (κ3) is 5.88. The third-order valence-electron chi connectivity index (χ3n) is 4.57. The zero-order chi connectivity index (χ0) is 18.8. The van der Waals surface area contributed by atoms with Crippen molar-refractivity contribution in [2.24, 2.45) is 0 Å². The molecular weight excluding hydrogens is 354 g/mol. The molecule has 0 unspecified atom stereocenters. The molecule has 0 aromatic heterocycles. The zero-order valence-corrected chi connectivity index (χ0v) is 16.1. The Bertz CT molecular complexity index is 575. The number of rotatable bonds is 8. The van der Waals surface area contributed by atoms with Crippen LogP contribution in [0.3, 0.4) is 0 Å². The highest BCUT2D eigenvalue weighted by molar-refractivity contribution is 6.17. The van der Waals surface area contributed by atoms with Gasteiger partial charge in [0, 0.05) is 32.1 Å². The van der Waals surface area contributed by atoms with Gasteiger partial charge in [-0.1, -0.05) is 30.3 Å². The second-order valence-electron chi connectivity index (χ2n) is 6.49. The first-order valence-corrected chi connectivity index (χ1v) is 9.68. The molecule has 1 aromatic carbocycles. The molecule has 144 valence electrons. The average molecular weight is 382 g/mol. The molecule has 0 atom stereocenters. The van der Waals surface area contributed by atoms with Crippen molar-refractivity contribution in [1.82, 2.24) is 15.5 Å². The number of ether oxygens (including phenoxy) is 1. The number of carbonyl (C=O) groups is 2. The fourth-order valence-corrected chi connectivity index (χ4v) is 3.25. The molecule has 0 saturated carbocycles. The molecule has 0 radical (unpaired) electrons. The van der Waals surface area contributed by atoms with Crippen LogP contribution in [-0.4, -0.2) is 54.6 Å². The number of likely N-dealkylation sites (tertiary alicyclic amines) is 1. The number of benzene rings is 1. The van der Waals surface area contributed by atoms with Crippen molar-refractivity contribution in [3.05, 3.63) is 35.9 Å². The van der Waals surface area contributed by atoms with Gasteiger partial charge in [0.2, 0.25) is 0 Å². The van der Waals surface area contributed by atoms with E-state index in [4.69, 9.17) is 16.3 Å². The minimum absolute atomic E-state index is 0.295. The quantitative estimate of drug-likeness (QED) is 0.412. The van der Waals surface area contributed by atoms with Crippen LogP contribution in [0.4, 0.5) is 4.79 Å². The third-order valence-corrected chi connectivity index (χ3v) is 4.84. The van der Waals surface area contributed by atoms with Crippen molar-refractivity contribution in [2.75, 3.05) is 32.1 Å². The number of esters is 1. The maximum absolute atomic E-state index is 12.5. The van der Waals surface area contributed by atoms with Gasteiger partial charge in [-0.25, -0.2) is 9.59 Å². The Morgan fingerprint density at radius 3 is 2.54 bits per heavy atom. The number of hydrogen-bond acceptors (Lipinski definition) is 4. The van der Waals surface area contributed by atoms with Gasteiger partial charge in [0.05, 0.1) is 6.61 Å². The van der Waals surface area contributed by atoms with Crippen molar-refractivity contribution >= 4 is 23.6 Å². The fraction of sp³-hybridized carbons (Fsp3) is 0.579. The molecule has 26 heavy (non-hydrogen) atoms. The van der Waals surface area contributed by atoms with E-state index in [1.54, 1.807) is 6.92 Å². The summed E-state index contributed by atoms with van der Waals surface area (Å²) in [5.74, 6) is 0.129. The molecule has 0 spiro atoms. The van der Waals surface area contributed by atoms with E-state index in [1.165, 1.54) is 5.56 Å². The monoisotopic (exact) mass is 381 g/mol. The second kappa shape index (κ2) is 10.4. The summed E-state index contributed by atoms with van der Waals surface area (Å²) in [6.07, 6.45) is 1.75. The van der Waals surface area contributed by atoms with E-state index in [9.17, 15) is 9.59 Å². The highest BCUT2D eigenvalue weighted by atomic mass is 35.5. The Labute approximate surface area is 160 Å². The first-order valence-electron chi connectivity index (χ1n) is 9.15. The maximum atomic E-state index is 12.5. The van der Waals surface area contributed by atoms with E-state index in [-0.39, 0.29) is 12.0 Å². The van der Waals surface area contributed by atoms with Crippen LogP contribution in [0.1, 0.15) is 31.7 Å². The van der Waals surface area contributed by atoms with Gasteiger partial charge in [-0.3, -0.25) is 4.90 Å². The SMILES string of the molecule is CCOC(=O)C1(NC(=O)NCCCCl)CCN(Cc2ccccc2)CC1. The standard InChI is InChI=1S/C19H28ClN3O3/c1-2-26-17(24)19(22-18(25)21-12-6-11-20)9-13-23(14-10-19)15-16-7-4-3-5-8-16/h3-5,7-8H,2,6,9-15H2,1H3,(H2,21,22,25). The van der Waals surface area contributed by atoms with Gasteiger partial charge in [-0.05, 0) is 31.7 Å². The Morgan fingerprint density at radius 1 is 1.23 bits per heavy atom. The van der Waals surface area contributed by atoms with Gasteiger partial charge in [0.15, 0.2) is 0 Å². The highest BCUT2D eigenvalue weighted by Gasteiger charge is 2.44. The van der Waals surface area contributed by atoms with E-state index in [0.717, 1.165) is 19.6 Å². The largest absolute Gasteiger partial charge is 0.464 e. The first kappa shape index (κ1) is 20.5. The van der Waals surface area contributed by atoms with Gasteiger partial charge >= 0.3 is 12.0 Å². The number of halogens is 1. The number of alkyl halides is 1. The van der Waals surface area contributed by atoms with E-state index in [2.05, 4.69) is 27.7 Å². The average Bonchev–Trinajstić information content (AvgIpc) is 2.65. The van der Waals surface area contributed by atoms with E-state index < -0.39 is 5.54 Å². The number of hydrogen-bond donors (Lipinski definition) is 2. The summed E-state index contributed by atoms with van der Waals surface area (Å²) < 4.78 is 5.24.